The van der Waals surface area contributed by atoms with Gasteiger partial charge in [-0.2, -0.15) is 0 Å². The van der Waals surface area contributed by atoms with Crippen molar-refractivity contribution in [1.29, 1.82) is 0 Å². The first kappa shape index (κ1) is 14.3. The average molecular weight is 289 g/mol. The van der Waals surface area contributed by atoms with Crippen LogP contribution in [-0.4, -0.2) is 56.2 Å². The van der Waals surface area contributed by atoms with E-state index in [2.05, 4.69) is 21.8 Å². The van der Waals surface area contributed by atoms with Crippen LogP contribution in [0.1, 0.15) is 28.9 Å². The molecule has 114 valence electrons. The highest BCUT2D eigenvalue weighted by Gasteiger charge is 2.43. The normalized spacial score (nSPS) is 21.2. The van der Waals surface area contributed by atoms with E-state index in [4.69, 9.17) is 4.74 Å². The number of esters is 1. The Balaban J connectivity index is 1.74. The molecule has 0 atom stereocenters. The van der Waals surface area contributed by atoms with Crippen molar-refractivity contribution in [3.05, 3.63) is 23.4 Å². The fourth-order valence-corrected chi connectivity index (χ4v) is 3.66. The molecule has 0 radical (unpaired) electrons. The lowest BCUT2D eigenvalue weighted by molar-refractivity contribution is 0.00118. The van der Waals surface area contributed by atoms with E-state index < -0.39 is 0 Å². The summed E-state index contributed by atoms with van der Waals surface area (Å²) in [6.07, 6.45) is 2.42. The van der Waals surface area contributed by atoms with Crippen LogP contribution in [0.5, 0.6) is 0 Å². The second-order valence-corrected chi connectivity index (χ2v) is 6.49. The lowest BCUT2D eigenvalue weighted by Crippen LogP contribution is -2.58. The van der Waals surface area contributed by atoms with Gasteiger partial charge < -0.3 is 14.5 Å². The number of piperidine rings is 1. The highest BCUT2D eigenvalue weighted by Crippen LogP contribution is 2.40. The van der Waals surface area contributed by atoms with E-state index in [9.17, 15) is 4.79 Å². The monoisotopic (exact) mass is 289 g/mol. The summed E-state index contributed by atoms with van der Waals surface area (Å²) in [7, 11) is 3.57. The highest BCUT2D eigenvalue weighted by molar-refractivity contribution is 5.87. The molecule has 2 saturated heterocycles. The fourth-order valence-electron chi connectivity index (χ4n) is 3.66. The molecule has 3 rings (SSSR count). The Bertz CT molecular complexity index is 542. The topological polar surface area (TPSA) is 45.7 Å². The van der Waals surface area contributed by atoms with Crippen LogP contribution in [0.25, 0.3) is 0 Å². The molecule has 0 aliphatic carbocycles. The van der Waals surface area contributed by atoms with Crippen LogP contribution >= 0.6 is 0 Å². The van der Waals surface area contributed by atoms with Gasteiger partial charge in [-0.15, -0.1) is 0 Å². The standard InChI is InChI=1S/C16H23N3O2/c1-12-4-5-13(15(20)21-3)17-14(12)19-8-6-16(7-9-19)10-18(2)11-16/h4-5H,6-11H2,1-3H3. The minimum Gasteiger partial charge on any atom is -0.464 e. The number of pyridine rings is 1. The van der Waals surface area contributed by atoms with Gasteiger partial charge in [0.2, 0.25) is 0 Å². The molecule has 2 aliphatic heterocycles. The van der Waals surface area contributed by atoms with E-state index in [1.807, 2.05) is 13.0 Å². The number of hydrogen-bond donors (Lipinski definition) is 0. The summed E-state index contributed by atoms with van der Waals surface area (Å²) in [6, 6.07) is 3.69. The van der Waals surface area contributed by atoms with Crippen LogP contribution in [0, 0.1) is 12.3 Å². The minimum absolute atomic E-state index is 0.370. The van der Waals surface area contributed by atoms with E-state index in [1.54, 1.807) is 6.07 Å². The molecule has 5 nitrogen and oxygen atoms in total. The SMILES string of the molecule is COC(=O)c1ccc(C)c(N2CCC3(CC2)CN(C)C3)n1. The third-order valence-electron chi connectivity index (χ3n) is 4.80. The molecule has 1 aromatic rings. The molecule has 0 aromatic carbocycles. The molecule has 1 spiro atoms. The van der Waals surface area contributed by atoms with Crippen molar-refractivity contribution in [3.63, 3.8) is 0 Å². The van der Waals surface area contributed by atoms with E-state index in [1.165, 1.54) is 33.0 Å². The van der Waals surface area contributed by atoms with E-state index in [-0.39, 0.29) is 5.97 Å². The van der Waals surface area contributed by atoms with Crippen molar-refractivity contribution < 1.29 is 9.53 Å². The Labute approximate surface area is 125 Å². The van der Waals surface area contributed by atoms with E-state index >= 15 is 0 Å². The lowest BCUT2D eigenvalue weighted by Gasteiger charge is -2.53. The smallest absolute Gasteiger partial charge is 0.356 e. The summed E-state index contributed by atoms with van der Waals surface area (Å²) in [5.74, 6) is 0.561. The van der Waals surface area contributed by atoms with Crippen molar-refractivity contribution in [1.82, 2.24) is 9.88 Å². The summed E-state index contributed by atoms with van der Waals surface area (Å²) in [5.41, 5.74) is 2.03. The average Bonchev–Trinajstić information content (AvgIpc) is 2.46. The molecule has 0 amide bonds. The number of aromatic nitrogens is 1. The Morgan fingerprint density at radius 3 is 2.52 bits per heavy atom. The van der Waals surface area contributed by atoms with Crippen molar-refractivity contribution >= 4 is 11.8 Å². The number of carbonyl (C=O) groups is 1. The zero-order valence-electron chi connectivity index (χ0n) is 13.1. The summed E-state index contributed by atoms with van der Waals surface area (Å²) in [6.45, 7) is 6.52. The van der Waals surface area contributed by atoms with Crippen LogP contribution in [0.3, 0.4) is 0 Å². The number of likely N-dealkylation sites (tertiary alicyclic amines) is 1. The van der Waals surface area contributed by atoms with Gasteiger partial charge in [-0.25, -0.2) is 9.78 Å². The van der Waals surface area contributed by atoms with Gasteiger partial charge in [0, 0.05) is 26.2 Å². The Kier molecular flexibility index (Phi) is 3.61. The minimum atomic E-state index is -0.370. The second kappa shape index (κ2) is 5.30. The van der Waals surface area contributed by atoms with Gasteiger partial charge in [-0.05, 0) is 43.9 Å². The third-order valence-corrected chi connectivity index (χ3v) is 4.80. The zero-order chi connectivity index (χ0) is 15.0. The maximum atomic E-state index is 11.6. The van der Waals surface area contributed by atoms with Gasteiger partial charge in [-0.1, -0.05) is 6.07 Å². The van der Waals surface area contributed by atoms with Gasteiger partial charge >= 0.3 is 5.97 Å². The molecule has 0 bridgehead atoms. The molecule has 3 heterocycles. The molecule has 2 fully saturated rings. The quantitative estimate of drug-likeness (QED) is 0.776. The van der Waals surface area contributed by atoms with Crippen LogP contribution in [0.15, 0.2) is 12.1 Å². The van der Waals surface area contributed by atoms with E-state index in [0.717, 1.165) is 24.5 Å². The lowest BCUT2D eigenvalue weighted by atomic mass is 9.72. The molecule has 0 saturated carbocycles. The number of anilines is 1. The number of carbonyl (C=O) groups excluding carboxylic acids is 1. The number of ether oxygens (including phenoxy) is 1. The van der Waals surface area contributed by atoms with Gasteiger partial charge in [0.05, 0.1) is 7.11 Å². The summed E-state index contributed by atoms with van der Waals surface area (Å²) in [4.78, 5) is 20.9. The van der Waals surface area contributed by atoms with Crippen molar-refractivity contribution in [2.45, 2.75) is 19.8 Å². The first-order chi connectivity index (χ1) is 10.0. The van der Waals surface area contributed by atoms with Gasteiger partial charge in [0.1, 0.15) is 5.82 Å². The summed E-state index contributed by atoms with van der Waals surface area (Å²) < 4.78 is 4.76. The number of rotatable bonds is 2. The van der Waals surface area contributed by atoms with Gasteiger partial charge in [0.15, 0.2) is 5.69 Å². The Morgan fingerprint density at radius 1 is 1.29 bits per heavy atom. The molecule has 1 aromatic heterocycles. The van der Waals surface area contributed by atoms with Crippen LogP contribution < -0.4 is 4.90 Å². The largest absolute Gasteiger partial charge is 0.464 e. The molecule has 2 aliphatic rings. The summed E-state index contributed by atoms with van der Waals surface area (Å²) in [5, 5.41) is 0. The maximum Gasteiger partial charge on any atom is 0.356 e. The third kappa shape index (κ3) is 2.62. The number of methoxy groups -OCH3 is 1. The molecule has 0 unspecified atom stereocenters. The van der Waals surface area contributed by atoms with Gasteiger partial charge in [0.25, 0.3) is 0 Å². The fraction of sp³-hybridized carbons (Fsp3) is 0.625. The molecule has 21 heavy (non-hydrogen) atoms. The van der Waals surface area contributed by atoms with Crippen molar-refractivity contribution in [2.24, 2.45) is 5.41 Å². The first-order valence-electron chi connectivity index (χ1n) is 7.52. The van der Waals surface area contributed by atoms with Crippen molar-refractivity contribution in [2.75, 3.05) is 45.2 Å². The van der Waals surface area contributed by atoms with Crippen LogP contribution in [0.2, 0.25) is 0 Å². The van der Waals surface area contributed by atoms with E-state index in [0.29, 0.717) is 11.1 Å². The predicted molar refractivity (Wildman–Crippen MR) is 81.7 cm³/mol. The zero-order valence-corrected chi connectivity index (χ0v) is 13.1. The molecular weight excluding hydrogens is 266 g/mol. The summed E-state index contributed by atoms with van der Waals surface area (Å²) >= 11 is 0. The molecule has 5 heteroatoms. The second-order valence-electron chi connectivity index (χ2n) is 6.49. The maximum absolute atomic E-state index is 11.6. The predicted octanol–water partition coefficient (Wildman–Crippen LogP) is 1.71. The van der Waals surface area contributed by atoms with Gasteiger partial charge in [-0.3, -0.25) is 0 Å². The van der Waals surface area contributed by atoms with Crippen molar-refractivity contribution in [3.8, 4) is 0 Å². The molecular formula is C16H23N3O2. The van der Waals surface area contributed by atoms with Crippen LogP contribution in [-0.2, 0) is 4.74 Å². The Morgan fingerprint density at radius 2 is 1.95 bits per heavy atom. The number of nitrogens with zero attached hydrogens (tertiary/aromatic N) is 3. The van der Waals surface area contributed by atoms with Crippen LogP contribution in [0.4, 0.5) is 5.82 Å². The molecule has 0 N–H and O–H groups in total. The first-order valence-corrected chi connectivity index (χ1v) is 7.52. The Hall–Kier alpha value is -1.62. The number of hydrogen-bond acceptors (Lipinski definition) is 5. The highest BCUT2D eigenvalue weighted by atomic mass is 16.5. The number of aryl methyl sites for hydroxylation is 1.